The highest BCUT2D eigenvalue weighted by Crippen LogP contribution is 2.30. The third kappa shape index (κ3) is 3.45. The van der Waals surface area contributed by atoms with Gasteiger partial charge >= 0.3 is 0 Å². The number of nitrogens with two attached hydrogens (primary N) is 1. The lowest BCUT2D eigenvalue weighted by atomic mass is 9.86. The molecule has 1 heterocycles. The molecule has 0 aromatic carbocycles. The summed E-state index contributed by atoms with van der Waals surface area (Å²) in [5.41, 5.74) is 5.20. The van der Waals surface area contributed by atoms with Crippen molar-refractivity contribution in [2.45, 2.75) is 45.1 Å². The van der Waals surface area contributed by atoms with Crippen LogP contribution in [0.25, 0.3) is 0 Å². The summed E-state index contributed by atoms with van der Waals surface area (Å²) in [4.78, 5) is 14.2. The monoisotopic (exact) mass is 253 g/mol. The summed E-state index contributed by atoms with van der Waals surface area (Å²) < 4.78 is 0. The summed E-state index contributed by atoms with van der Waals surface area (Å²) in [5.74, 6) is 1.31. The number of hydrogen-bond donors (Lipinski definition) is 2. The molecule has 0 unspecified atom stereocenters. The van der Waals surface area contributed by atoms with E-state index >= 15 is 0 Å². The van der Waals surface area contributed by atoms with Gasteiger partial charge in [0.15, 0.2) is 0 Å². The molecule has 2 fully saturated rings. The van der Waals surface area contributed by atoms with Crippen molar-refractivity contribution in [3.8, 4) is 0 Å². The highest BCUT2D eigenvalue weighted by molar-refractivity contribution is 5.84. The molecule has 4 heteroatoms. The van der Waals surface area contributed by atoms with Gasteiger partial charge in [-0.3, -0.25) is 4.79 Å². The first-order chi connectivity index (χ1) is 8.52. The van der Waals surface area contributed by atoms with Crippen LogP contribution in [0.3, 0.4) is 0 Å². The number of amides is 1. The Morgan fingerprint density at radius 3 is 2.44 bits per heavy atom. The van der Waals surface area contributed by atoms with Crippen molar-refractivity contribution in [2.24, 2.45) is 17.6 Å². The Kier molecular flexibility index (Phi) is 4.28. The summed E-state index contributed by atoms with van der Waals surface area (Å²) in [6.07, 6.45) is 4.34. The van der Waals surface area contributed by atoms with Crippen LogP contribution in [0.5, 0.6) is 0 Å². The van der Waals surface area contributed by atoms with E-state index in [4.69, 9.17) is 5.73 Å². The standard InChI is InChI=1S/C14H27N3O/c1-11(2)10-17-7-5-14(6-8-17,13(15)18)16-9-12-3-4-12/h11-12,16H,3-10H2,1-2H3,(H2,15,18). The van der Waals surface area contributed by atoms with Crippen molar-refractivity contribution in [1.29, 1.82) is 0 Å². The SMILES string of the molecule is CC(C)CN1CCC(NCC2CC2)(C(N)=O)CC1. The van der Waals surface area contributed by atoms with E-state index in [0.717, 1.165) is 44.9 Å². The number of primary amides is 1. The van der Waals surface area contributed by atoms with Crippen LogP contribution >= 0.6 is 0 Å². The zero-order valence-electron chi connectivity index (χ0n) is 11.7. The molecular formula is C14H27N3O. The van der Waals surface area contributed by atoms with E-state index < -0.39 is 5.54 Å². The highest BCUT2D eigenvalue weighted by atomic mass is 16.1. The molecule has 0 atom stereocenters. The van der Waals surface area contributed by atoms with Crippen LogP contribution in [0.2, 0.25) is 0 Å². The van der Waals surface area contributed by atoms with Gasteiger partial charge in [-0.15, -0.1) is 0 Å². The number of nitrogens with zero attached hydrogens (tertiary/aromatic N) is 1. The van der Waals surface area contributed by atoms with Gasteiger partial charge in [-0.25, -0.2) is 0 Å². The Morgan fingerprint density at radius 2 is 2.00 bits per heavy atom. The topological polar surface area (TPSA) is 58.4 Å². The second-order valence-corrected chi connectivity index (χ2v) is 6.47. The third-order valence-electron chi connectivity index (χ3n) is 4.23. The predicted molar refractivity (Wildman–Crippen MR) is 73.2 cm³/mol. The summed E-state index contributed by atoms with van der Waals surface area (Å²) in [5, 5.41) is 3.47. The van der Waals surface area contributed by atoms with Crippen LogP contribution in [0.4, 0.5) is 0 Å². The van der Waals surface area contributed by atoms with E-state index in [1.54, 1.807) is 0 Å². The molecule has 1 saturated carbocycles. The van der Waals surface area contributed by atoms with Crippen molar-refractivity contribution < 1.29 is 4.79 Å². The molecule has 3 N–H and O–H groups in total. The molecule has 1 saturated heterocycles. The van der Waals surface area contributed by atoms with Crippen LogP contribution < -0.4 is 11.1 Å². The van der Waals surface area contributed by atoms with E-state index in [9.17, 15) is 4.79 Å². The van der Waals surface area contributed by atoms with Crippen molar-refractivity contribution in [1.82, 2.24) is 10.2 Å². The van der Waals surface area contributed by atoms with Gasteiger partial charge < -0.3 is 16.0 Å². The number of piperidine rings is 1. The summed E-state index contributed by atoms with van der Waals surface area (Å²) in [6, 6.07) is 0. The largest absolute Gasteiger partial charge is 0.368 e. The quantitative estimate of drug-likeness (QED) is 0.741. The molecule has 2 rings (SSSR count). The van der Waals surface area contributed by atoms with Gasteiger partial charge in [0.2, 0.25) is 5.91 Å². The number of rotatable bonds is 6. The maximum atomic E-state index is 11.8. The van der Waals surface area contributed by atoms with Gasteiger partial charge in [-0.2, -0.15) is 0 Å². The van der Waals surface area contributed by atoms with Gasteiger partial charge in [0.1, 0.15) is 5.54 Å². The fourth-order valence-corrected chi connectivity index (χ4v) is 2.81. The Morgan fingerprint density at radius 1 is 1.39 bits per heavy atom. The molecule has 1 aliphatic heterocycles. The van der Waals surface area contributed by atoms with E-state index in [1.807, 2.05) is 0 Å². The fourth-order valence-electron chi connectivity index (χ4n) is 2.81. The Hall–Kier alpha value is -0.610. The second-order valence-electron chi connectivity index (χ2n) is 6.47. The number of carbonyl (C=O) groups is 1. The first-order valence-electron chi connectivity index (χ1n) is 7.29. The lowest BCUT2D eigenvalue weighted by Crippen LogP contribution is -2.61. The van der Waals surface area contributed by atoms with E-state index in [1.165, 1.54) is 12.8 Å². The zero-order valence-corrected chi connectivity index (χ0v) is 11.7. The van der Waals surface area contributed by atoms with E-state index in [-0.39, 0.29) is 5.91 Å². The number of nitrogens with one attached hydrogen (secondary N) is 1. The average molecular weight is 253 g/mol. The van der Waals surface area contributed by atoms with Gasteiger partial charge in [-0.1, -0.05) is 13.8 Å². The Labute approximate surface area is 110 Å². The van der Waals surface area contributed by atoms with Crippen LogP contribution in [0.15, 0.2) is 0 Å². The minimum absolute atomic E-state index is 0.160. The molecule has 2 aliphatic rings. The van der Waals surface area contributed by atoms with Crippen molar-refractivity contribution >= 4 is 5.91 Å². The maximum Gasteiger partial charge on any atom is 0.237 e. The summed E-state index contributed by atoms with van der Waals surface area (Å²) in [7, 11) is 0. The molecule has 1 aliphatic carbocycles. The fraction of sp³-hybridized carbons (Fsp3) is 0.929. The minimum atomic E-state index is -0.434. The van der Waals surface area contributed by atoms with E-state index in [2.05, 4.69) is 24.1 Å². The second kappa shape index (κ2) is 5.57. The lowest BCUT2D eigenvalue weighted by Gasteiger charge is -2.41. The van der Waals surface area contributed by atoms with Crippen LogP contribution in [0.1, 0.15) is 39.5 Å². The predicted octanol–water partition coefficient (Wildman–Crippen LogP) is 0.962. The number of hydrogen-bond acceptors (Lipinski definition) is 3. The lowest BCUT2D eigenvalue weighted by molar-refractivity contribution is -0.126. The first kappa shape index (κ1) is 13.8. The van der Waals surface area contributed by atoms with E-state index in [0.29, 0.717) is 5.92 Å². The zero-order chi connectivity index (χ0) is 13.2. The molecular weight excluding hydrogens is 226 g/mol. The van der Waals surface area contributed by atoms with Crippen molar-refractivity contribution in [3.05, 3.63) is 0 Å². The van der Waals surface area contributed by atoms with Crippen LogP contribution in [0, 0.1) is 11.8 Å². The molecule has 1 amide bonds. The number of likely N-dealkylation sites (tertiary alicyclic amines) is 1. The molecule has 4 nitrogen and oxygen atoms in total. The normalized spacial score (nSPS) is 24.4. The maximum absolute atomic E-state index is 11.8. The Bertz CT molecular complexity index is 291. The average Bonchev–Trinajstić information content (AvgIpc) is 3.11. The van der Waals surface area contributed by atoms with Gasteiger partial charge in [-0.05, 0) is 44.1 Å². The van der Waals surface area contributed by atoms with Crippen molar-refractivity contribution in [3.63, 3.8) is 0 Å². The summed E-state index contributed by atoms with van der Waals surface area (Å²) >= 11 is 0. The highest BCUT2D eigenvalue weighted by Gasteiger charge is 2.40. The molecule has 0 aromatic heterocycles. The van der Waals surface area contributed by atoms with Crippen molar-refractivity contribution in [2.75, 3.05) is 26.2 Å². The molecule has 0 spiro atoms. The number of carbonyl (C=O) groups excluding carboxylic acids is 1. The minimum Gasteiger partial charge on any atom is -0.368 e. The molecule has 0 radical (unpaired) electrons. The third-order valence-corrected chi connectivity index (χ3v) is 4.23. The summed E-state index contributed by atoms with van der Waals surface area (Å²) in [6.45, 7) is 8.53. The molecule has 0 bridgehead atoms. The first-order valence-corrected chi connectivity index (χ1v) is 7.29. The van der Waals surface area contributed by atoms with Gasteiger partial charge in [0.05, 0.1) is 0 Å². The van der Waals surface area contributed by atoms with Crippen LogP contribution in [-0.4, -0.2) is 42.5 Å². The van der Waals surface area contributed by atoms with Crippen LogP contribution in [-0.2, 0) is 4.79 Å². The Balaban J connectivity index is 1.86. The smallest absolute Gasteiger partial charge is 0.237 e. The molecule has 18 heavy (non-hydrogen) atoms. The molecule has 0 aromatic rings. The van der Waals surface area contributed by atoms with Gasteiger partial charge in [0.25, 0.3) is 0 Å². The molecule has 104 valence electrons. The van der Waals surface area contributed by atoms with Gasteiger partial charge in [0, 0.05) is 19.6 Å².